The summed E-state index contributed by atoms with van der Waals surface area (Å²) in [5, 5.41) is 9.52. The highest BCUT2D eigenvalue weighted by molar-refractivity contribution is 7.92. The van der Waals surface area contributed by atoms with Crippen LogP contribution in [0.25, 0.3) is 0 Å². The van der Waals surface area contributed by atoms with Gasteiger partial charge in [-0.3, -0.25) is 4.72 Å². The van der Waals surface area contributed by atoms with E-state index in [0.717, 1.165) is 12.0 Å². The second kappa shape index (κ2) is 7.93. The van der Waals surface area contributed by atoms with Crippen molar-refractivity contribution in [2.45, 2.75) is 18.2 Å². The second-order valence-electron chi connectivity index (χ2n) is 6.10. The summed E-state index contributed by atoms with van der Waals surface area (Å²) in [7, 11) is -3.84. The molecule has 0 aliphatic carbocycles. The number of aromatic carboxylic acids is 1. The van der Waals surface area contributed by atoms with Crippen LogP contribution < -0.4 is 9.62 Å². The molecule has 1 aliphatic rings. The van der Waals surface area contributed by atoms with E-state index in [4.69, 9.17) is 4.74 Å². The molecule has 0 saturated carbocycles. The highest BCUT2D eigenvalue weighted by atomic mass is 32.2. The van der Waals surface area contributed by atoms with Crippen LogP contribution in [0, 0.1) is 0 Å². The van der Waals surface area contributed by atoms with Gasteiger partial charge in [-0.2, -0.15) is 0 Å². The molecule has 2 aromatic rings. The number of pyridine rings is 1. The van der Waals surface area contributed by atoms with Crippen molar-refractivity contribution in [3.05, 3.63) is 47.7 Å². The van der Waals surface area contributed by atoms with Crippen LogP contribution in [0.5, 0.6) is 0 Å². The van der Waals surface area contributed by atoms with Crippen LogP contribution in [0.1, 0.15) is 22.8 Å². The molecule has 1 fully saturated rings. The monoisotopic (exact) mass is 391 g/mol. The van der Waals surface area contributed by atoms with Gasteiger partial charge in [-0.05, 0) is 30.2 Å². The van der Waals surface area contributed by atoms with Gasteiger partial charge in [0.05, 0.1) is 30.0 Å². The Labute approximate surface area is 157 Å². The minimum absolute atomic E-state index is 0.0570. The number of benzene rings is 1. The zero-order chi connectivity index (χ0) is 19.4. The Hall–Kier alpha value is -2.65. The Morgan fingerprint density at radius 1 is 1.26 bits per heavy atom. The molecule has 8 nitrogen and oxygen atoms in total. The number of morpholine rings is 1. The summed E-state index contributed by atoms with van der Waals surface area (Å²) in [6.45, 7) is 4.02. The lowest BCUT2D eigenvalue weighted by atomic mass is 10.2. The summed E-state index contributed by atoms with van der Waals surface area (Å²) in [6.07, 6.45) is 2.14. The van der Waals surface area contributed by atoms with Crippen molar-refractivity contribution in [3.63, 3.8) is 0 Å². The number of rotatable bonds is 6. The number of hydrogen-bond acceptors (Lipinski definition) is 6. The number of nitrogens with zero attached hydrogens (tertiary/aromatic N) is 2. The minimum Gasteiger partial charge on any atom is -0.478 e. The van der Waals surface area contributed by atoms with Crippen molar-refractivity contribution in [2.75, 3.05) is 35.9 Å². The summed E-state index contributed by atoms with van der Waals surface area (Å²) >= 11 is 0. The van der Waals surface area contributed by atoms with Crippen molar-refractivity contribution in [1.82, 2.24) is 4.98 Å². The molecule has 2 heterocycles. The SMILES string of the molecule is CCc1ccc(S(=O)(=O)Nc2cnc(N3CCOCC3)c(C(=O)O)c2)cc1. The van der Waals surface area contributed by atoms with Gasteiger partial charge in [0, 0.05) is 13.1 Å². The van der Waals surface area contributed by atoms with E-state index in [9.17, 15) is 18.3 Å². The standard InChI is InChI=1S/C18H21N3O5S/c1-2-13-3-5-15(6-4-13)27(24,25)20-14-11-16(18(22)23)17(19-12-14)21-7-9-26-10-8-21/h3-6,11-12,20H,2,7-10H2,1H3,(H,22,23). The fraction of sp³-hybridized carbons (Fsp3) is 0.333. The number of aryl methyl sites for hydroxylation is 1. The highest BCUT2D eigenvalue weighted by Gasteiger charge is 2.22. The van der Waals surface area contributed by atoms with E-state index in [1.165, 1.54) is 24.4 Å². The number of carbonyl (C=O) groups is 1. The van der Waals surface area contributed by atoms with Crippen molar-refractivity contribution in [2.24, 2.45) is 0 Å². The topological polar surface area (TPSA) is 109 Å². The van der Waals surface area contributed by atoms with E-state index in [0.29, 0.717) is 32.1 Å². The maximum absolute atomic E-state index is 12.6. The molecule has 0 unspecified atom stereocenters. The van der Waals surface area contributed by atoms with E-state index in [1.54, 1.807) is 12.1 Å². The van der Waals surface area contributed by atoms with Crippen molar-refractivity contribution >= 4 is 27.5 Å². The summed E-state index contributed by atoms with van der Waals surface area (Å²) in [4.78, 5) is 17.8. The molecule has 1 aromatic heterocycles. The van der Waals surface area contributed by atoms with Gasteiger partial charge in [0.1, 0.15) is 11.4 Å². The van der Waals surface area contributed by atoms with Gasteiger partial charge in [-0.25, -0.2) is 18.2 Å². The first kappa shape index (κ1) is 19.1. The van der Waals surface area contributed by atoms with Crippen LogP contribution in [0.4, 0.5) is 11.5 Å². The quantitative estimate of drug-likeness (QED) is 0.775. The number of ether oxygens (including phenoxy) is 1. The minimum atomic E-state index is -3.84. The fourth-order valence-electron chi connectivity index (χ4n) is 2.82. The average molecular weight is 391 g/mol. The maximum atomic E-state index is 12.6. The molecule has 0 radical (unpaired) electrons. The van der Waals surface area contributed by atoms with Crippen molar-refractivity contribution < 1.29 is 23.1 Å². The first-order valence-corrected chi connectivity index (χ1v) is 10.1. The molecule has 0 bridgehead atoms. The molecule has 2 N–H and O–H groups in total. The number of anilines is 2. The Bertz CT molecular complexity index is 923. The fourth-order valence-corrected chi connectivity index (χ4v) is 3.85. The Kier molecular flexibility index (Phi) is 5.62. The van der Waals surface area contributed by atoms with Gasteiger partial charge in [-0.1, -0.05) is 19.1 Å². The van der Waals surface area contributed by atoms with Crippen LogP contribution in [-0.4, -0.2) is 50.8 Å². The van der Waals surface area contributed by atoms with Gasteiger partial charge < -0.3 is 14.7 Å². The molecule has 1 aliphatic heterocycles. The average Bonchev–Trinajstić information content (AvgIpc) is 2.68. The van der Waals surface area contributed by atoms with E-state index in [1.807, 2.05) is 11.8 Å². The Balaban J connectivity index is 1.87. The van der Waals surface area contributed by atoms with Gasteiger partial charge in [0.2, 0.25) is 0 Å². The number of aromatic nitrogens is 1. The van der Waals surface area contributed by atoms with Crippen molar-refractivity contribution in [1.29, 1.82) is 0 Å². The molecule has 1 aromatic carbocycles. The molecule has 0 spiro atoms. The Morgan fingerprint density at radius 3 is 2.52 bits per heavy atom. The van der Waals surface area contributed by atoms with E-state index in [-0.39, 0.29) is 16.1 Å². The number of carboxylic acid groups (broad SMARTS) is 1. The van der Waals surface area contributed by atoms with Crippen LogP contribution in [0.2, 0.25) is 0 Å². The zero-order valence-corrected chi connectivity index (χ0v) is 15.7. The number of nitrogens with one attached hydrogen (secondary N) is 1. The molecule has 3 rings (SSSR count). The third-order valence-electron chi connectivity index (χ3n) is 4.30. The number of hydrogen-bond donors (Lipinski definition) is 2. The molecule has 27 heavy (non-hydrogen) atoms. The maximum Gasteiger partial charge on any atom is 0.339 e. The third kappa shape index (κ3) is 4.37. The van der Waals surface area contributed by atoms with Crippen LogP contribution in [0.3, 0.4) is 0 Å². The van der Waals surface area contributed by atoms with E-state index < -0.39 is 16.0 Å². The Morgan fingerprint density at radius 2 is 1.93 bits per heavy atom. The van der Waals surface area contributed by atoms with Crippen LogP contribution in [-0.2, 0) is 21.2 Å². The lowest BCUT2D eigenvalue weighted by Gasteiger charge is -2.28. The van der Waals surface area contributed by atoms with E-state index in [2.05, 4.69) is 9.71 Å². The zero-order valence-electron chi connectivity index (χ0n) is 14.9. The largest absolute Gasteiger partial charge is 0.478 e. The normalized spacial score (nSPS) is 14.8. The molecular weight excluding hydrogens is 370 g/mol. The summed E-state index contributed by atoms with van der Waals surface area (Å²) in [6, 6.07) is 7.83. The molecular formula is C18H21N3O5S. The highest BCUT2D eigenvalue weighted by Crippen LogP contribution is 2.24. The first-order chi connectivity index (χ1) is 12.9. The molecule has 144 valence electrons. The van der Waals surface area contributed by atoms with Crippen LogP contribution >= 0.6 is 0 Å². The summed E-state index contributed by atoms with van der Waals surface area (Å²) in [5.74, 6) is -0.863. The van der Waals surface area contributed by atoms with E-state index >= 15 is 0 Å². The van der Waals surface area contributed by atoms with Crippen LogP contribution in [0.15, 0.2) is 41.4 Å². The molecule has 0 atom stereocenters. The lowest BCUT2D eigenvalue weighted by molar-refractivity contribution is 0.0696. The summed E-state index contributed by atoms with van der Waals surface area (Å²) < 4.78 is 32.8. The number of carboxylic acids is 1. The predicted molar refractivity (Wildman–Crippen MR) is 101 cm³/mol. The van der Waals surface area contributed by atoms with Gasteiger partial charge in [0.15, 0.2) is 0 Å². The number of sulfonamides is 1. The van der Waals surface area contributed by atoms with Gasteiger partial charge >= 0.3 is 5.97 Å². The predicted octanol–water partition coefficient (Wildman–Crippen LogP) is 1.98. The smallest absolute Gasteiger partial charge is 0.339 e. The molecule has 1 saturated heterocycles. The van der Waals surface area contributed by atoms with Crippen molar-refractivity contribution in [3.8, 4) is 0 Å². The van der Waals surface area contributed by atoms with Gasteiger partial charge in [-0.15, -0.1) is 0 Å². The lowest BCUT2D eigenvalue weighted by Crippen LogP contribution is -2.37. The second-order valence-corrected chi connectivity index (χ2v) is 7.79. The van der Waals surface area contributed by atoms with Gasteiger partial charge in [0.25, 0.3) is 10.0 Å². The first-order valence-electron chi connectivity index (χ1n) is 8.58. The third-order valence-corrected chi connectivity index (χ3v) is 5.70. The summed E-state index contributed by atoms with van der Waals surface area (Å²) in [5.41, 5.74) is 1.07. The molecule has 9 heteroatoms. The molecule has 0 amide bonds.